The first kappa shape index (κ1) is 31.5. The molecule has 0 amide bonds. The molecular formula is C38H50O4Si. The highest BCUT2D eigenvalue weighted by Crippen LogP contribution is 2.51. The van der Waals surface area contributed by atoms with Gasteiger partial charge in [-0.1, -0.05) is 107 Å². The minimum absolute atomic E-state index is 0.0361. The maximum atomic E-state index is 12.0. The summed E-state index contributed by atoms with van der Waals surface area (Å²) >= 11 is 0. The van der Waals surface area contributed by atoms with Crippen LogP contribution in [0, 0.1) is 17.8 Å². The van der Waals surface area contributed by atoms with Crippen LogP contribution in [0.4, 0.5) is 0 Å². The molecule has 3 aromatic rings. The predicted molar refractivity (Wildman–Crippen MR) is 178 cm³/mol. The molecule has 4 nitrogen and oxygen atoms in total. The summed E-state index contributed by atoms with van der Waals surface area (Å²) in [5, 5.41) is 2.58. The van der Waals surface area contributed by atoms with Crippen LogP contribution in [0.5, 0.6) is 5.75 Å². The molecule has 0 heterocycles. The van der Waals surface area contributed by atoms with E-state index in [2.05, 4.69) is 107 Å². The monoisotopic (exact) mass is 598 g/mol. The van der Waals surface area contributed by atoms with Crippen molar-refractivity contribution in [2.45, 2.75) is 96.8 Å². The Hall–Kier alpha value is -2.89. The van der Waals surface area contributed by atoms with E-state index in [0.717, 1.165) is 50.7 Å². The summed E-state index contributed by atoms with van der Waals surface area (Å²) < 4.78 is 19.5. The maximum Gasteiger partial charge on any atom is 0.302 e. The number of carbonyl (C=O) groups is 1. The van der Waals surface area contributed by atoms with E-state index in [0.29, 0.717) is 17.8 Å². The summed E-state index contributed by atoms with van der Waals surface area (Å²) in [5.74, 6) is 2.29. The quantitative estimate of drug-likeness (QED) is 0.169. The van der Waals surface area contributed by atoms with E-state index in [9.17, 15) is 4.79 Å². The Morgan fingerprint density at radius 2 is 1.56 bits per heavy atom. The van der Waals surface area contributed by atoms with Crippen LogP contribution in [-0.4, -0.2) is 33.6 Å². The van der Waals surface area contributed by atoms with E-state index in [1.165, 1.54) is 28.4 Å². The van der Waals surface area contributed by atoms with Crippen molar-refractivity contribution in [2.24, 2.45) is 17.8 Å². The number of esters is 1. The molecule has 0 spiro atoms. The smallest absolute Gasteiger partial charge is 0.302 e. The van der Waals surface area contributed by atoms with Crippen molar-refractivity contribution in [3.05, 3.63) is 90.0 Å². The Kier molecular flexibility index (Phi) is 9.82. The van der Waals surface area contributed by atoms with Crippen molar-refractivity contribution in [1.82, 2.24) is 0 Å². The summed E-state index contributed by atoms with van der Waals surface area (Å²) in [5.41, 5.74) is 2.79. The van der Waals surface area contributed by atoms with Gasteiger partial charge in [0, 0.05) is 13.0 Å². The van der Waals surface area contributed by atoms with Crippen LogP contribution in [0.25, 0.3) is 0 Å². The Balaban J connectivity index is 1.56. The van der Waals surface area contributed by atoms with E-state index in [1.807, 2.05) is 0 Å². The molecule has 0 unspecified atom stereocenters. The second-order valence-corrected chi connectivity index (χ2v) is 18.0. The van der Waals surface area contributed by atoms with E-state index < -0.39 is 8.32 Å². The third-order valence-corrected chi connectivity index (χ3v) is 15.1. The average Bonchev–Trinajstić information content (AvgIpc) is 3.32. The summed E-state index contributed by atoms with van der Waals surface area (Å²) in [6.45, 7) is 10.8. The van der Waals surface area contributed by atoms with Gasteiger partial charge >= 0.3 is 5.97 Å². The van der Waals surface area contributed by atoms with Crippen molar-refractivity contribution < 1.29 is 18.7 Å². The topological polar surface area (TPSA) is 44.8 Å². The van der Waals surface area contributed by atoms with Crippen LogP contribution in [0.15, 0.2) is 78.9 Å². The Morgan fingerprint density at radius 3 is 2.12 bits per heavy atom. The fraction of sp³-hybridized carbons (Fsp3) is 0.500. The lowest BCUT2D eigenvalue weighted by Gasteiger charge is -2.46. The number of ether oxygens (including phenoxy) is 2. The zero-order chi connectivity index (χ0) is 30.6. The number of carbonyl (C=O) groups excluding carboxylic acids is 1. The standard InChI is InChI=1S/C38H50O4Si/c1-7-15-30(41-27(2)39)22-23-33-34-24-28-16-14-21-36(40-6)35(28)25-29(34)26-37(33)42-43(38(3,4)5,31-17-10-8-11-18-31)32-19-12-9-13-20-32/h8-14,16-21,29-30,33-34,37H,7,15,22-26H2,1-6H3/t29-,30-,33+,34-,37+/m0/s1. The number of hydrogen-bond acceptors (Lipinski definition) is 4. The SMILES string of the molecule is CCC[C@@H](CC[C@@H]1[C@H]2Cc3cccc(OC)c3C[C@H]2C[C@H]1O[Si](c1ccccc1)(c1ccccc1)C(C)(C)C)OC(C)=O. The lowest BCUT2D eigenvalue weighted by Crippen LogP contribution is -2.68. The Bertz CT molecular complexity index is 1310. The number of rotatable bonds is 11. The van der Waals surface area contributed by atoms with Crippen LogP contribution < -0.4 is 15.1 Å². The zero-order valence-electron chi connectivity index (χ0n) is 27.0. The van der Waals surface area contributed by atoms with Crippen LogP contribution in [-0.2, 0) is 26.8 Å². The van der Waals surface area contributed by atoms with Crippen molar-refractivity contribution >= 4 is 24.7 Å². The molecule has 3 aromatic carbocycles. The fourth-order valence-corrected chi connectivity index (χ4v) is 13.0. The molecule has 0 bridgehead atoms. The predicted octanol–water partition coefficient (Wildman–Crippen LogP) is 7.50. The first-order valence-electron chi connectivity index (χ1n) is 16.3. The molecule has 5 rings (SSSR count). The summed E-state index contributed by atoms with van der Waals surface area (Å²) in [6, 6.07) is 28.6. The molecule has 0 aromatic heterocycles. The van der Waals surface area contributed by atoms with Crippen LogP contribution in [0.1, 0.15) is 77.8 Å². The summed E-state index contributed by atoms with van der Waals surface area (Å²) in [4.78, 5) is 12.0. The van der Waals surface area contributed by atoms with E-state index >= 15 is 0 Å². The fourth-order valence-electron chi connectivity index (χ4n) is 8.22. The first-order valence-corrected chi connectivity index (χ1v) is 18.2. The minimum Gasteiger partial charge on any atom is -0.496 e. The molecule has 0 aliphatic heterocycles. The first-order chi connectivity index (χ1) is 20.7. The number of hydrogen-bond donors (Lipinski definition) is 0. The Labute approximate surface area is 260 Å². The molecule has 0 radical (unpaired) electrons. The van der Waals surface area contributed by atoms with E-state index in [1.54, 1.807) is 7.11 Å². The highest BCUT2D eigenvalue weighted by Gasteiger charge is 2.55. The molecule has 5 heteroatoms. The van der Waals surface area contributed by atoms with E-state index in [4.69, 9.17) is 13.9 Å². The molecule has 1 saturated carbocycles. The molecule has 43 heavy (non-hydrogen) atoms. The van der Waals surface area contributed by atoms with Gasteiger partial charge in [0.05, 0.1) is 7.11 Å². The van der Waals surface area contributed by atoms with Gasteiger partial charge in [0.15, 0.2) is 0 Å². The lowest BCUT2D eigenvalue weighted by molar-refractivity contribution is -0.147. The normalized spacial score (nSPS) is 22.4. The van der Waals surface area contributed by atoms with Gasteiger partial charge in [-0.05, 0) is 88.9 Å². The lowest BCUT2D eigenvalue weighted by atomic mass is 9.73. The summed E-state index contributed by atoms with van der Waals surface area (Å²) in [6.07, 6.45) is 7.01. The number of benzene rings is 3. The van der Waals surface area contributed by atoms with Crippen molar-refractivity contribution in [1.29, 1.82) is 0 Å². The molecule has 2 aliphatic carbocycles. The maximum absolute atomic E-state index is 12.0. The number of methoxy groups -OCH3 is 1. The Morgan fingerprint density at radius 1 is 0.907 bits per heavy atom. The van der Waals surface area contributed by atoms with Crippen molar-refractivity contribution in [2.75, 3.05) is 7.11 Å². The molecule has 1 fully saturated rings. The molecule has 2 aliphatic rings. The van der Waals surface area contributed by atoms with Crippen LogP contribution >= 0.6 is 0 Å². The van der Waals surface area contributed by atoms with Gasteiger partial charge in [0.25, 0.3) is 8.32 Å². The molecule has 230 valence electrons. The van der Waals surface area contributed by atoms with Gasteiger partial charge in [0.1, 0.15) is 11.9 Å². The second-order valence-electron chi connectivity index (χ2n) is 13.7. The average molecular weight is 599 g/mol. The van der Waals surface area contributed by atoms with Gasteiger partial charge in [-0.2, -0.15) is 0 Å². The zero-order valence-corrected chi connectivity index (χ0v) is 28.0. The van der Waals surface area contributed by atoms with Crippen LogP contribution in [0.3, 0.4) is 0 Å². The summed E-state index contributed by atoms with van der Waals surface area (Å²) in [7, 11) is -0.937. The van der Waals surface area contributed by atoms with E-state index in [-0.39, 0.29) is 23.2 Å². The second kappa shape index (κ2) is 13.4. The van der Waals surface area contributed by atoms with Gasteiger partial charge in [-0.15, -0.1) is 0 Å². The van der Waals surface area contributed by atoms with Gasteiger partial charge < -0.3 is 13.9 Å². The van der Waals surface area contributed by atoms with Gasteiger partial charge in [-0.3, -0.25) is 4.79 Å². The van der Waals surface area contributed by atoms with Gasteiger partial charge in [0.2, 0.25) is 0 Å². The van der Waals surface area contributed by atoms with Gasteiger partial charge in [-0.25, -0.2) is 0 Å². The third kappa shape index (κ3) is 6.49. The minimum atomic E-state index is -2.73. The highest BCUT2D eigenvalue weighted by molar-refractivity contribution is 6.99. The molecule has 0 N–H and O–H groups in total. The largest absolute Gasteiger partial charge is 0.496 e. The highest BCUT2D eigenvalue weighted by atomic mass is 28.4. The molecular weight excluding hydrogens is 549 g/mol. The van der Waals surface area contributed by atoms with Crippen LogP contribution in [0.2, 0.25) is 5.04 Å². The van der Waals surface area contributed by atoms with Crippen molar-refractivity contribution in [3.8, 4) is 5.75 Å². The molecule has 5 atom stereocenters. The van der Waals surface area contributed by atoms with Crippen molar-refractivity contribution in [3.63, 3.8) is 0 Å². The third-order valence-electron chi connectivity index (χ3n) is 10.1. The number of fused-ring (bicyclic) bond motifs is 2. The molecule has 0 saturated heterocycles.